The van der Waals surface area contributed by atoms with E-state index in [1.807, 2.05) is 5.32 Å². The SMILES string of the molecule is CC#CN/C(=C\N(C)C)C(F)(F)F. The van der Waals surface area contributed by atoms with Gasteiger partial charge in [-0.3, -0.25) is 0 Å². The van der Waals surface area contributed by atoms with Crippen LogP contribution in [0.3, 0.4) is 0 Å². The van der Waals surface area contributed by atoms with E-state index in [2.05, 4.69) is 12.0 Å². The molecule has 0 aromatic rings. The standard InChI is InChI=1S/C8H11F3N2/c1-4-5-12-7(6-13(2)3)8(9,10)11/h6,12H,1-3H3/b7-6-. The third-order valence-corrected chi connectivity index (χ3v) is 1.01. The maximum Gasteiger partial charge on any atom is 0.433 e. The average Bonchev–Trinajstić information content (AvgIpc) is 1.95. The van der Waals surface area contributed by atoms with Crippen molar-refractivity contribution in [1.82, 2.24) is 10.2 Å². The Morgan fingerprint density at radius 1 is 1.38 bits per heavy atom. The van der Waals surface area contributed by atoms with Crippen molar-refractivity contribution in [2.45, 2.75) is 13.1 Å². The third-order valence-electron chi connectivity index (χ3n) is 1.01. The zero-order valence-electron chi connectivity index (χ0n) is 7.66. The number of hydrogen-bond donors (Lipinski definition) is 1. The molecular formula is C8H11F3N2. The minimum atomic E-state index is -4.39. The van der Waals surface area contributed by atoms with E-state index in [1.165, 1.54) is 25.9 Å². The van der Waals surface area contributed by atoms with E-state index in [1.54, 1.807) is 0 Å². The topological polar surface area (TPSA) is 15.3 Å². The van der Waals surface area contributed by atoms with Crippen molar-refractivity contribution in [2.24, 2.45) is 0 Å². The monoisotopic (exact) mass is 192 g/mol. The summed E-state index contributed by atoms with van der Waals surface area (Å²) in [5, 5.41) is 1.97. The van der Waals surface area contributed by atoms with E-state index in [4.69, 9.17) is 0 Å². The number of alkyl halides is 3. The zero-order chi connectivity index (χ0) is 10.5. The van der Waals surface area contributed by atoms with Crippen LogP contribution in [-0.4, -0.2) is 25.2 Å². The van der Waals surface area contributed by atoms with Gasteiger partial charge in [-0.25, -0.2) is 0 Å². The highest BCUT2D eigenvalue weighted by Gasteiger charge is 2.33. The Hall–Kier alpha value is -1.31. The Balaban J connectivity index is 4.63. The average molecular weight is 192 g/mol. The number of rotatable bonds is 2. The first-order chi connectivity index (χ1) is 5.88. The Kier molecular flexibility index (Phi) is 4.18. The van der Waals surface area contributed by atoms with Crippen LogP contribution in [0.2, 0.25) is 0 Å². The molecule has 0 rings (SSSR count). The lowest BCUT2D eigenvalue weighted by Gasteiger charge is -2.13. The smallest absolute Gasteiger partial charge is 0.382 e. The molecule has 0 aromatic carbocycles. The first kappa shape index (κ1) is 11.7. The molecular weight excluding hydrogens is 181 g/mol. The molecule has 1 N–H and O–H groups in total. The molecule has 0 amide bonds. The third kappa shape index (κ3) is 5.01. The maximum atomic E-state index is 12.2. The van der Waals surface area contributed by atoms with Crippen molar-refractivity contribution in [3.8, 4) is 12.0 Å². The molecule has 0 atom stereocenters. The van der Waals surface area contributed by atoms with E-state index in [0.29, 0.717) is 0 Å². The van der Waals surface area contributed by atoms with Crippen LogP contribution >= 0.6 is 0 Å². The van der Waals surface area contributed by atoms with Gasteiger partial charge in [0.1, 0.15) is 5.70 Å². The van der Waals surface area contributed by atoms with Gasteiger partial charge in [0.15, 0.2) is 0 Å². The van der Waals surface area contributed by atoms with Gasteiger partial charge in [0.05, 0.1) is 0 Å². The van der Waals surface area contributed by atoms with E-state index in [9.17, 15) is 13.2 Å². The van der Waals surface area contributed by atoms with Gasteiger partial charge in [-0.05, 0) is 6.92 Å². The number of nitrogens with zero attached hydrogens (tertiary/aromatic N) is 1. The molecule has 0 heterocycles. The molecule has 0 aliphatic carbocycles. The highest BCUT2D eigenvalue weighted by molar-refractivity contribution is 5.12. The summed E-state index contributed by atoms with van der Waals surface area (Å²) in [6, 6.07) is 2.15. The molecule has 2 nitrogen and oxygen atoms in total. The van der Waals surface area contributed by atoms with Crippen LogP contribution in [0.15, 0.2) is 11.9 Å². The van der Waals surface area contributed by atoms with Crippen LogP contribution in [0.25, 0.3) is 0 Å². The van der Waals surface area contributed by atoms with E-state index in [-0.39, 0.29) is 0 Å². The summed E-state index contributed by atoms with van der Waals surface area (Å²) in [5.41, 5.74) is -0.869. The first-order valence-corrected chi connectivity index (χ1v) is 3.51. The molecule has 0 aliphatic heterocycles. The normalized spacial score (nSPS) is 11.7. The van der Waals surface area contributed by atoms with E-state index < -0.39 is 11.9 Å². The summed E-state index contributed by atoms with van der Waals surface area (Å²) >= 11 is 0. The molecule has 0 radical (unpaired) electrons. The molecule has 0 bridgehead atoms. The van der Waals surface area contributed by atoms with Gasteiger partial charge in [-0.2, -0.15) is 13.2 Å². The first-order valence-electron chi connectivity index (χ1n) is 3.51. The van der Waals surface area contributed by atoms with Crippen molar-refractivity contribution in [2.75, 3.05) is 14.1 Å². The van der Waals surface area contributed by atoms with Crippen LogP contribution in [0.1, 0.15) is 6.92 Å². The summed E-state index contributed by atoms with van der Waals surface area (Å²) in [5.74, 6) is 2.32. The van der Waals surface area contributed by atoms with Crippen molar-refractivity contribution >= 4 is 0 Å². The molecule has 0 saturated heterocycles. The van der Waals surface area contributed by atoms with Crippen LogP contribution < -0.4 is 5.32 Å². The summed E-state index contributed by atoms with van der Waals surface area (Å²) < 4.78 is 36.5. The van der Waals surface area contributed by atoms with Crippen LogP contribution in [0, 0.1) is 12.0 Å². The number of halogens is 3. The Bertz CT molecular complexity index is 242. The van der Waals surface area contributed by atoms with Gasteiger partial charge < -0.3 is 10.2 Å². The predicted octanol–water partition coefficient (Wildman–Crippen LogP) is 1.52. The second-order valence-electron chi connectivity index (χ2n) is 2.50. The quantitative estimate of drug-likeness (QED) is 0.527. The van der Waals surface area contributed by atoms with E-state index in [0.717, 1.165) is 6.20 Å². The fourth-order valence-electron chi connectivity index (χ4n) is 0.564. The molecule has 0 unspecified atom stereocenters. The Morgan fingerprint density at radius 2 is 1.92 bits per heavy atom. The van der Waals surface area contributed by atoms with Crippen LogP contribution in [-0.2, 0) is 0 Å². The maximum absolute atomic E-state index is 12.2. The van der Waals surface area contributed by atoms with Crippen LogP contribution in [0.5, 0.6) is 0 Å². The predicted molar refractivity (Wildman–Crippen MR) is 44.4 cm³/mol. The lowest BCUT2D eigenvalue weighted by Crippen LogP contribution is -2.25. The lowest BCUT2D eigenvalue weighted by atomic mass is 10.4. The molecule has 0 aliphatic rings. The summed E-state index contributed by atoms with van der Waals surface area (Å²) in [6.07, 6.45) is -3.46. The molecule has 0 saturated carbocycles. The minimum Gasteiger partial charge on any atom is -0.382 e. The number of nitrogens with one attached hydrogen (secondary N) is 1. The highest BCUT2D eigenvalue weighted by atomic mass is 19.4. The zero-order valence-corrected chi connectivity index (χ0v) is 7.66. The fraction of sp³-hybridized carbons (Fsp3) is 0.500. The second-order valence-corrected chi connectivity index (χ2v) is 2.50. The summed E-state index contributed by atoms with van der Waals surface area (Å²) in [7, 11) is 3.01. The summed E-state index contributed by atoms with van der Waals surface area (Å²) in [4.78, 5) is 1.30. The highest BCUT2D eigenvalue weighted by Crippen LogP contribution is 2.23. The van der Waals surface area contributed by atoms with Gasteiger partial charge in [0.25, 0.3) is 0 Å². The molecule has 13 heavy (non-hydrogen) atoms. The van der Waals surface area contributed by atoms with Gasteiger partial charge in [-0.15, -0.1) is 0 Å². The van der Waals surface area contributed by atoms with Gasteiger partial charge >= 0.3 is 6.18 Å². The minimum absolute atomic E-state index is 0.869. The van der Waals surface area contributed by atoms with Gasteiger partial charge in [-0.1, -0.05) is 5.92 Å². The molecule has 74 valence electrons. The van der Waals surface area contributed by atoms with Crippen LogP contribution in [0.4, 0.5) is 13.2 Å². The van der Waals surface area contributed by atoms with Crippen molar-refractivity contribution < 1.29 is 13.2 Å². The van der Waals surface area contributed by atoms with E-state index >= 15 is 0 Å². The molecule has 0 fully saturated rings. The largest absolute Gasteiger partial charge is 0.433 e. The lowest BCUT2D eigenvalue weighted by molar-refractivity contribution is -0.0961. The Labute approximate surface area is 75.4 Å². The van der Waals surface area contributed by atoms with Crippen molar-refractivity contribution in [3.63, 3.8) is 0 Å². The second kappa shape index (κ2) is 4.65. The Morgan fingerprint density at radius 3 is 2.23 bits per heavy atom. The number of hydrogen-bond acceptors (Lipinski definition) is 2. The summed E-state index contributed by atoms with van der Waals surface area (Å²) in [6.45, 7) is 1.46. The molecule has 0 aromatic heterocycles. The number of allylic oxidation sites excluding steroid dienone is 1. The fourth-order valence-corrected chi connectivity index (χ4v) is 0.564. The molecule has 0 spiro atoms. The van der Waals surface area contributed by atoms with Gasteiger partial charge in [0, 0.05) is 26.3 Å². The van der Waals surface area contributed by atoms with Gasteiger partial charge in [0.2, 0.25) is 0 Å². The molecule has 5 heteroatoms. The van der Waals surface area contributed by atoms with Crippen molar-refractivity contribution in [3.05, 3.63) is 11.9 Å². The van der Waals surface area contributed by atoms with Crippen molar-refractivity contribution in [1.29, 1.82) is 0 Å².